The summed E-state index contributed by atoms with van der Waals surface area (Å²) >= 11 is 0. The zero-order valence-electron chi connectivity index (χ0n) is 12.0. The van der Waals surface area contributed by atoms with Gasteiger partial charge in [-0.25, -0.2) is 9.78 Å². The van der Waals surface area contributed by atoms with E-state index in [1.54, 1.807) is 14.0 Å². The summed E-state index contributed by atoms with van der Waals surface area (Å²) in [7, 11) is 3.05. The Balaban J connectivity index is 2.26. The second-order valence-electron chi connectivity index (χ2n) is 5.18. The van der Waals surface area contributed by atoms with Crippen molar-refractivity contribution >= 4 is 11.2 Å². The highest BCUT2D eigenvalue weighted by Gasteiger charge is 2.13. The summed E-state index contributed by atoms with van der Waals surface area (Å²) < 4.78 is 2.43. The van der Waals surface area contributed by atoms with Crippen LogP contribution in [0.2, 0.25) is 0 Å². The fourth-order valence-electron chi connectivity index (χ4n) is 2.22. The molecular formula is C13H20N4O3. The second kappa shape index (κ2) is 5.62. The lowest BCUT2D eigenvalue weighted by atomic mass is 10.1. The minimum Gasteiger partial charge on any atom is -0.393 e. The Bertz CT molecular complexity index is 724. The Morgan fingerprint density at radius 2 is 1.95 bits per heavy atom. The number of nitrogens with zero attached hydrogens (tertiary/aromatic N) is 3. The molecular weight excluding hydrogens is 260 g/mol. The van der Waals surface area contributed by atoms with Gasteiger partial charge in [-0.3, -0.25) is 13.9 Å². The monoisotopic (exact) mass is 280 g/mol. The predicted molar refractivity (Wildman–Crippen MR) is 75.8 cm³/mol. The van der Waals surface area contributed by atoms with Crippen molar-refractivity contribution in [1.29, 1.82) is 0 Å². The zero-order valence-corrected chi connectivity index (χ0v) is 12.0. The van der Waals surface area contributed by atoms with E-state index in [0.29, 0.717) is 23.4 Å². The number of imidazole rings is 1. The molecule has 2 aromatic rings. The van der Waals surface area contributed by atoms with Crippen LogP contribution in [0.5, 0.6) is 0 Å². The first-order chi connectivity index (χ1) is 9.41. The average Bonchev–Trinajstić information content (AvgIpc) is 2.83. The van der Waals surface area contributed by atoms with Crippen molar-refractivity contribution in [3.05, 3.63) is 26.7 Å². The highest BCUT2D eigenvalue weighted by molar-refractivity contribution is 5.69. The number of aliphatic hydroxyl groups is 1. The zero-order chi connectivity index (χ0) is 14.9. The van der Waals surface area contributed by atoms with Crippen LogP contribution in [-0.2, 0) is 20.5 Å². The van der Waals surface area contributed by atoms with Gasteiger partial charge in [-0.05, 0) is 19.8 Å². The third-order valence-corrected chi connectivity index (χ3v) is 3.43. The summed E-state index contributed by atoms with van der Waals surface area (Å²) in [4.78, 5) is 31.1. The van der Waals surface area contributed by atoms with Gasteiger partial charge in [0.15, 0.2) is 5.65 Å². The summed E-state index contributed by atoms with van der Waals surface area (Å²) in [5.74, 6) is 0.698. The number of nitrogens with one attached hydrogen (secondary N) is 1. The van der Waals surface area contributed by atoms with Crippen LogP contribution in [0.1, 0.15) is 32.0 Å². The number of fused-ring (bicyclic) bond motifs is 1. The van der Waals surface area contributed by atoms with E-state index in [0.717, 1.165) is 23.8 Å². The van der Waals surface area contributed by atoms with E-state index in [9.17, 15) is 14.7 Å². The first kappa shape index (κ1) is 14.5. The largest absolute Gasteiger partial charge is 0.393 e. The topological polar surface area (TPSA) is 92.9 Å². The molecule has 0 aliphatic rings. The Labute approximate surface area is 115 Å². The molecule has 0 radical (unpaired) electrons. The van der Waals surface area contributed by atoms with E-state index in [2.05, 4.69) is 9.97 Å². The highest BCUT2D eigenvalue weighted by atomic mass is 16.3. The number of unbranched alkanes of at least 4 members (excludes halogenated alkanes) is 1. The SMILES string of the molecule is CC(O)CCCCc1nc2c([nH]1)c(=O)n(C)c(=O)n2C. The molecule has 0 aliphatic carbocycles. The Morgan fingerprint density at radius 1 is 1.25 bits per heavy atom. The van der Waals surface area contributed by atoms with Gasteiger partial charge in [0.2, 0.25) is 0 Å². The van der Waals surface area contributed by atoms with Gasteiger partial charge in [-0.1, -0.05) is 6.42 Å². The van der Waals surface area contributed by atoms with E-state index in [1.165, 1.54) is 11.6 Å². The van der Waals surface area contributed by atoms with Crippen LogP contribution in [0.3, 0.4) is 0 Å². The third kappa shape index (κ3) is 2.67. The first-order valence-corrected chi connectivity index (χ1v) is 6.74. The molecule has 0 saturated carbocycles. The Hall–Kier alpha value is -1.89. The molecule has 1 unspecified atom stereocenters. The Kier molecular flexibility index (Phi) is 4.08. The lowest BCUT2D eigenvalue weighted by molar-refractivity contribution is 0.180. The molecule has 2 heterocycles. The molecule has 110 valence electrons. The van der Waals surface area contributed by atoms with Crippen LogP contribution in [-0.4, -0.2) is 30.3 Å². The van der Waals surface area contributed by atoms with Crippen LogP contribution >= 0.6 is 0 Å². The number of aromatic nitrogens is 4. The number of hydrogen-bond acceptors (Lipinski definition) is 4. The molecule has 0 saturated heterocycles. The highest BCUT2D eigenvalue weighted by Crippen LogP contribution is 2.09. The minimum absolute atomic E-state index is 0.293. The predicted octanol–water partition coefficient (Wildman–Crippen LogP) is 0.0539. The molecule has 20 heavy (non-hydrogen) atoms. The molecule has 2 aromatic heterocycles. The molecule has 1 atom stereocenters. The number of hydrogen-bond donors (Lipinski definition) is 2. The number of rotatable bonds is 5. The molecule has 0 spiro atoms. The molecule has 2 N–H and O–H groups in total. The van der Waals surface area contributed by atoms with Gasteiger partial charge in [-0.15, -0.1) is 0 Å². The van der Waals surface area contributed by atoms with Crippen molar-refractivity contribution in [3.8, 4) is 0 Å². The summed E-state index contributed by atoms with van der Waals surface area (Å²) in [5, 5.41) is 9.19. The number of aliphatic hydroxyl groups excluding tert-OH is 1. The molecule has 0 bridgehead atoms. The molecule has 7 nitrogen and oxygen atoms in total. The lowest BCUT2D eigenvalue weighted by Crippen LogP contribution is -2.36. The standard InChI is InChI=1S/C13H20N4O3/c1-8(18)6-4-5-7-9-14-10-11(15-9)16(2)13(20)17(3)12(10)19/h8,18H,4-7H2,1-3H3,(H,14,15). The fraction of sp³-hybridized carbons (Fsp3) is 0.615. The maximum Gasteiger partial charge on any atom is 0.332 e. The summed E-state index contributed by atoms with van der Waals surface area (Å²) in [6, 6.07) is 0. The van der Waals surface area contributed by atoms with Crippen LogP contribution in [0.15, 0.2) is 9.59 Å². The summed E-state index contributed by atoms with van der Waals surface area (Å²) in [5.41, 5.74) is 0.0178. The van der Waals surface area contributed by atoms with Crippen LogP contribution in [0, 0.1) is 0 Å². The molecule has 7 heteroatoms. The lowest BCUT2D eigenvalue weighted by Gasteiger charge is -2.01. The van der Waals surface area contributed by atoms with Gasteiger partial charge in [0.25, 0.3) is 5.56 Å². The first-order valence-electron chi connectivity index (χ1n) is 6.74. The van der Waals surface area contributed by atoms with E-state index < -0.39 is 0 Å². The fourth-order valence-corrected chi connectivity index (χ4v) is 2.22. The van der Waals surface area contributed by atoms with E-state index in [-0.39, 0.29) is 17.4 Å². The average molecular weight is 280 g/mol. The number of H-pyrrole nitrogens is 1. The number of aromatic amines is 1. The van der Waals surface area contributed by atoms with Gasteiger partial charge >= 0.3 is 5.69 Å². The maximum absolute atomic E-state index is 12.0. The quantitative estimate of drug-likeness (QED) is 0.757. The van der Waals surface area contributed by atoms with E-state index >= 15 is 0 Å². The van der Waals surface area contributed by atoms with Crippen molar-refractivity contribution in [1.82, 2.24) is 19.1 Å². The normalized spacial score (nSPS) is 13.0. The molecule has 0 fully saturated rings. The van der Waals surface area contributed by atoms with Crippen LogP contribution < -0.4 is 11.2 Å². The molecule has 2 rings (SSSR count). The van der Waals surface area contributed by atoms with Gasteiger partial charge in [0, 0.05) is 20.5 Å². The van der Waals surface area contributed by atoms with Crippen molar-refractivity contribution in [2.24, 2.45) is 14.1 Å². The van der Waals surface area contributed by atoms with Crippen molar-refractivity contribution < 1.29 is 5.11 Å². The molecule has 0 amide bonds. The Morgan fingerprint density at radius 3 is 2.60 bits per heavy atom. The smallest absolute Gasteiger partial charge is 0.332 e. The van der Waals surface area contributed by atoms with E-state index in [1.807, 2.05) is 0 Å². The van der Waals surface area contributed by atoms with E-state index in [4.69, 9.17) is 0 Å². The van der Waals surface area contributed by atoms with Gasteiger partial charge in [0.05, 0.1) is 6.10 Å². The maximum atomic E-state index is 12.0. The molecule has 0 aromatic carbocycles. The van der Waals surface area contributed by atoms with Crippen molar-refractivity contribution in [3.63, 3.8) is 0 Å². The van der Waals surface area contributed by atoms with Crippen molar-refractivity contribution in [2.75, 3.05) is 0 Å². The van der Waals surface area contributed by atoms with Crippen LogP contribution in [0.25, 0.3) is 11.2 Å². The molecule has 0 aliphatic heterocycles. The van der Waals surface area contributed by atoms with Gasteiger partial charge in [-0.2, -0.15) is 0 Å². The second-order valence-corrected chi connectivity index (χ2v) is 5.18. The van der Waals surface area contributed by atoms with Crippen molar-refractivity contribution in [2.45, 2.75) is 38.7 Å². The summed E-state index contributed by atoms with van der Waals surface area (Å²) in [6.45, 7) is 1.76. The third-order valence-electron chi connectivity index (χ3n) is 3.43. The van der Waals surface area contributed by atoms with Gasteiger partial charge in [0.1, 0.15) is 11.3 Å². The minimum atomic E-state index is -0.380. The van der Waals surface area contributed by atoms with Gasteiger partial charge < -0.3 is 10.1 Å². The van der Waals surface area contributed by atoms with Crippen LogP contribution in [0.4, 0.5) is 0 Å². The summed E-state index contributed by atoms with van der Waals surface area (Å²) in [6.07, 6.45) is 2.92. The number of aryl methyl sites for hydroxylation is 2.